The molecule has 1 fully saturated rings. The van der Waals surface area contributed by atoms with E-state index in [1.807, 2.05) is 78.9 Å². The van der Waals surface area contributed by atoms with E-state index in [1.54, 1.807) is 0 Å². The Morgan fingerprint density at radius 3 is 1.88 bits per heavy atom. The summed E-state index contributed by atoms with van der Waals surface area (Å²) in [5.41, 5.74) is 6.56. The smallest absolute Gasteiger partial charge is 0.0622 e. The average molecular weight is 672 g/mol. The van der Waals surface area contributed by atoms with Crippen molar-refractivity contribution in [3.8, 4) is 44.5 Å². The van der Waals surface area contributed by atoms with Gasteiger partial charge in [0.2, 0.25) is 0 Å². The highest BCUT2D eigenvalue weighted by Crippen LogP contribution is 2.47. The summed E-state index contributed by atoms with van der Waals surface area (Å²) in [5, 5.41) is 4.98. The van der Waals surface area contributed by atoms with Gasteiger partial charge < -0.3 is 0 Å². The average Bonchev–Trinajstić information content (AvgIpc) is 3.29. The molecule has 0 amide bonds. The number of benzene rings is 9. The van der Waals surface area contributed by atoms with Crippen LogP contribution in [-0.4, -0.2) is 0 Å². The summed E-state index contributed by atoms with van der Waals surface area (Å²) in [4.78, 5) is 0. The molecule has 0 heteroatoms. The molecule has 0 N–H and O–H groups in total. The summed E-state index contributed by atoms with van der Waals surface area (Å²) in [7, 11) is 0. The number of fused-ring (bicyclic) bond motifs is 4. The Kier molecular flexibility index (Phi) is 6.05. The molecule has 0 spiro atoms. The van der Waals surface area contributed by atoms with Gasteiger partial charge in [-0.25, -0.2) is 0 Å². The van der Waals surface area contributed by atoms with Crippen LogP contribution in [0.3, 0.4) is 0 Å². The molecular weight excluding hydrogens is 625 g/mol. The van der Waals surface area contributed by atoms with Crippen LogP contribution in [-0.2, 0) is 0 Å². The van der Waals surface area contributed by atoms with E-state index < -0.39 is 0 Å². The second-order valence-electron chi connectivity index (χ2n) is 14.1. The van der Waals surface area contributed by atoms with E-state index in [0.717, 1.165) is 51.1 Å². The standard InChI is InChI=1S/C52H40/c1-4-14-35(15-5-1)39-28-30-44-41(32-39)21-13-25-45(44)52-47-23-11-10-22-46(47)51(38-18-8-3-9-19-38)48-31-29-42(34-50(48)52)43-24-12-20-37-26-27-40(33-49(37)43)36-16-6-2-7-17-36/h2-3,6-13,16-35H,1,4-5,14-15H2/i10D,11D,22D,23D,29D,31D,34D. The van der Waals surface area contributed by atoms with Crippen molar-refractivity contribution >= 4 is 43.1 Å². The third-order valence-corrected chi connectivity index (χ3v) is 11.1. The lowest BCUT2D eigenvalue weighted by Gasteiger charge is -2.23. The highest BCUT2D eigenvalue weighted by molar-refractivity contribution is 6.24. The summed E-state index contributed by atoms with van der Waals surface area (Å²) in [6, 6.07) is 42.8. The first-order valence-corrected chi connectivity index (χ1v) is 18.4. The highest BCUT2D eigenvalue weighted by atomic mass is 14.2. The summed E-state index contributed by atoms with van der Waals surface area (Å²) in [6.45, 7) is 0. The second kappa shape index (κ2) is 13.0. The predicted octanol–water partition coefficient (Wildman–Crippen LogP) is 15.0. The SMILES string of the molecule is [2H]c1c([2H])c([2H])c2c(-c3cccc4cc(C5CCCCC5)ccc34)c3c([2H])c(-c4cccc5ccc(-c6ccccc6)cc45)c([2H])c([2H])c3c(-c3ccccc3)c2c1[2H]. The molecule has 0 aliphatic heterocycles. The van der Waals surface area contributed by atoms with Crippen LogP contribution in [0.25, 0.3) is 87.6 Å². The lowest BCUT2D eigenvalue weighted by molar-refractivity contribution is 0.444. The Labute approximate surface area is 315 Å². The summed E-state index contributed by atoms with van der Waals surface area (Å²) in [5.74, 6) is 0.488. The van der Waals surface area contributed by atoms with Gasteiger partial charge in [0.15, 0.2) is 0 Å². The van der Waals surface area contributed by atoms with E-state index in [4.69, 9.17) is 2.74 Å². The van der Waals surface area contributed by atoms with Crippen LogP contribution in [0.4, 0.5) is 0 Å². The molecule has 9 aromatic rings. The molecule has 0 aromatic heterocycles. The predicted molar refractivity (Wildman–Crippen MR) is 224 cm³/mol. The molecule has 0 atom stereocenters. The zero-order valence-corrected chi connectivity index (χ0v) is 28.8. The van der Waals surface area contributed by atoms with Crippen molar-refractivity contribution in [3.05, 3.63) is 181 Å². The van der Waals surface area contributed by atoms with Gasteiger partial charge in [0.1, 0.15) is 0 Å². The highest BCUT2D eigenvalue weighted by Gasteiger charge is 2.21. The molecule has 52 heavy (non-hydrogen) atoms. The molecule has 1 saturated carbocycles. The third kappa shape index (κ3) is 5.30. The molecule has 1 aliphatic carbocycles. The second-order valence-corrected chi connectivity index (χ2v) is 14.1. The van der Waals surface area contributed by atoms with Gasteiger partial charge in [-0.05, 0) is 124 Å². The number of rotatable bonds is 5. The van der Waals surface area contributed by atoms with Crippen molar-refractivity contribution in [2.24, 2.45) is 0 Å². The van der Waals surface area contributed by atoms with Gasteiger partial charge in [-0.15, -0.1) is 0 Å². The Bertz CT molecular complexity index is 3150. The molecule has 0 bridgehead atoms. The van der Waals surface area contributed by atoms with Crippen LogP contribution in [0, 0.1) is 0 Å². The minimum Gasteiger partial charge on any atom is -0.0622 e. The van der Waals surface area contributed by atoms with E-state index >= 15 is 0 Å². The van der Waals surface area contributed by atoms with E-state index in [1.165, 1.54) is 24.8 Å². The van der Waals surface area contributed by atoms with E-state index in [9.17, 15) is 6.85 Å². The number of hydrogen-bond donors (Lipinski definition) is 0. The normalized spacial score (nSPS) is 15.6. The van der Waals surface area contributed by atoms with Crippen molar-refractivity contribution in [1.82, 2.24) is 0 Å². The Hall–Kier alpha value is -5.98. The van der Waals surface area contributed by atoms with Crippen LogP contribution in [0.5, 0.6) is 0 Å². The van der Waals surface area contributed by atoms with Gasteiger partial charge in [-0.2, -0.15) is 0 Å². The van der Waals surface area contributed by atoms with Crippen LogP contribution >= 0.6 is 0 Å². The first-order valence-electron chi connectivity index (χ1n) is 21.9. The summed E-state index contributed by atoms with van der Waals surface area (Å²) >= 11 is 0. The lowest BCUT2D eigenvalue weighted by atomic mass is 9.81. The van der Waals surface area contributed by atoms with Gasteiger partial charge in [0.25, 0.3) is 0 Å². The Morgan fingerprint density at radius 1 is 0.404 bits per heavy atom. The quantitative estimate of drug-likeness (QED) is 0.160. The Morgan fingerprint density at radius 2 is 1.10 bits per heavy atom. The van der Waals surface area contributed by atoms with E-state index in [0.29, 0.717) is 49.9 Å². The maximum atomic E-state index is 10.3. The lowest BCUT2D eigenvalue weighted by Crippen LogP contribution is -2.04. The van der Waals surface area contributed by atoms with Crippen molar-refractivity contribution in [3.63, 3.8) is 0 Å². The van der Waals surface area contributed by atoms with Gasteiger partial charge >= 0.3 is 0 Å². The zero-order chi connectivity index (χ0) is 40.5. The van der Waals surface area contributed by atoms with Crippen molar-refractivity contribution < 1.29 is 9.60 Å². The molecule has 0 radical (unpaired) electrons. The molecular formula is C52H40. The third-order valence-electron chi connectivity index (χ3n) is 11.1. The molecule has 0 nitrogen and oxygen atoms in total. The van der Waals surface area contributed by atoms with Crippen molar-refractivity contribution in [2.75, 3.05) is 0 Å². The topological polar surface area (TPSA) is 0 Å². The monoisotopic (exact) mass is 671 g/mol. The molecule has 248 valence electrons. The van der Waals surface area contributed by atoms with Crippen LogP contribution in [0.15, 0.2) is 176 Å². The fraction of sp³-hybridized carbons (Fsp3) is 0.115. The fourth-order valence-corrected chi connectivity index (χ4v) is 8.53. The largest absolute Gasteiger partial charge is 0.0636 e. The minimum absolute atomic E-state index is 0.0379. The number of hydrogen-bond acceptors (Lipinski definition) is 0. The van der Waals surface area contributed by atoms with Crippen LogP contribution in [0.1, 0.15) is 53.2 Å². The van der Waals surface area contributed by atoms with Crippen LogP contribution in [0.2, 0.25) is 0 Å². The zero-order valence-electron chi connectivity index (χ0n) is 35.8. The first-order chi connectivity index (χ1) is 28.7. The molecule has 0 heterocycles. The molecule has 10 rings (SSSR count). The maximum absolute atomic E-state index is 10.3. The van der Waals surface area contributed by atoms with Gasteiger partial charge in [-0.1, -0.05) is 183 Å². The molecule has 0 saturated heterocycles. The van der Waals surface area contributed by atoms with Gasteiger partial charge in [0.05, 0.1) is 9.60 Å². The van der Waals surface area contributed by atoms with E-state index in [-0.39, 0.29) is 47.7 Å². The van der Waals surface area contributed by atoms with Crippen molar-refractivity contribution in [2.45, 2.75) is 38.0 Å². The fourth-order valence-electron chi connectivity index (χ4n) is 8.53. The van der Waals surface area contributed by atoms with E-state index in [2.05, 4.69) is 54.6 Å². The summed E-state index contributed by atoms with van der Waals surface area (Å²) in [6.07, 6.45) is 6.02. The minimum atomic E-state index is -0.370. The summed E-state index contributed by atoms with van der Waals surface area (Å²) < 4.78 is 66.9. The molecule has 9 aromatic carbocycles. The maximum Gasteiger partial charge on any atom is 0.0636 e. The van der Waals surface area contributed by atoms with Gasteiger partial charge in [-0.3, -0.25) is 0 Å². The van der Waals surface area contributed by atoms with Crippen molar-refractivity contribution in [1.29, 1.82) is 0 Å². The Balaban J connectivity index is 1.39. The molecule has 1 aliphatic rings. The molecule has 0 unspecified atom stereocenters. The van der Waals surface area contributed by atoms with Gasteiger partial charge in [0, 0.05) is 0 Å². The van der Waals surface area contributed by atoms with Crippen LogP contribution < -0.4 is 0 Å². The first kappa shape index (κ1) is 24.2.